The van der Waals surface area contributed by atoms with Crippen LogP contribution in [0.3, 0.4) is 0 Å². The highest BCUT2D eigenvalue weighted by Crippen LogP contribution is 2.27. The van der Waals surface area contributed by atoms with E-state index in [0.717, 1.165) is 12.0 Å². The minimum absolute atomic E-state index is 0.151. The number of nitrogens with zero attached hydrogens (tertiary/aromatic N) is 2. The second-order valence-electron chi connectivity index (χ2n) is 5.92. The van der Waals surface area contributed by atoms with E-state index in [1.54, 1.807) is 42.5 Å². The zero-order valence-corrected chi connectivity index (χ0v) is 14.2. The zero-order valence-electron chi connectivity index (χ0n) is 14.2. The fraction of sp³-hybridized carbons (Fsp3) is 0.150. The monoisotopic (exact) mass is 350 g/mol. The third kappa shape index (κ3) is 3.49. The van der Waals surface area contributed by atoms with E-state index in [1.165, 1.54) is 17.1 Å². The summed E-state index contributed by atoms with van der Waals surface area (Å²) >= 11 is 0. The molecule has 0 spiro atoms. The maximum Gasteiger partial charge on any atom is 0.335 e. The summed E-state index contributed by atoms with van der Waals surface area (Å²) in [5, 5.41) is 24.1. The molecule has 1 aliphatic rings. The van der Waals surface area contributed by atoms with E-state index in [2.05, 4.69) is 5.10 Å². The second kappa shape index (κ2) is 7.23. The van der Waals surface area contributed by atoms with Crippen molar-refractivity contribution in [2.24, 2.45) is 5.10 Å². The van der Waals surface area contributed by atoms with Gasteiger partial charge in [-0.2, -0.15) is 10.1 Å². The largest absolute Gasteiger partial charge is 0.508 e. The number of phenols is 1. The average molecular weight is 350 g/mol. The van der Waals surface area contributed by atoms with Crippen LogP contribution in [-0.2, 0) is 4.79 Å². The molecule has 6 heteroatoms. The van der Waals surface area contributed by atoms with Crippen molar-refractivity contribution in [3.63, 3.8) is 0 Å². The van der Waals surface area contributed by atoms with Crippen LogP contribution < -0.4 is 5.01 Å². The first-order valence-corrected chi connectivity index (χ1v) is 8.26. The van der Waals surface area contributed by atoms with Gasteiger partial charge < -0.3 is 10.2 Å². The Hall–Kier alpha value is -3.41. The summed E-state index contributed by atoms with van der Waals surface area (Å²) in [7, 11) is 0. The van der Waals surface area contributed by atoms with Gasteiger partial charge in [-0.3, -0.25) is 4.79 Å². The number of rotatable bonds is 5. The number of carbonyl (C=O) groups excluding carboxylic acids is 1. The number of carboxylic acid groups (broad SMARTS) is 1. The van der Waals surface area contributed by atoms with E-state index < -0.39 is 5.97 Å². The molecule has 3 rings (SSSR count). The van der Waals surface area contributed by atoms with Crippen molar-refractivity contribution in [2.45, 2.75) is 19.8 Å². The number of hydrogen-bond acceptors (Lipinski definition) is 4. The summed E-state index contributed by atoms with van der Waals surface area (Å²) in [6, 6.07) is 12.6. The lowest BCUT2D eigenvalue weighted by atomic mass is 10.0. The van der Waals surface area contributed by atoms with E-state index in [0.29, 0.717) is 23.4 Å². The van der Waals surface area contributed by atoms with Crippen LogP contribution >= 0.6 is 0 Å². The fourth-order valence-corrected chi connectivity index (χ4v) is 2.68. The van der Waals surface area contributed by atoms with Gasteiger partial charge in [0.05, 0.1) is 22.5 Å². The summed E-state index contributed by atoms with van der Waals surface area (Å²) < 4.78 is 0. The second-order valence-corrected chi connectivity index (χ2v) is 5.92. The summed E-state index contributed by atoms with van der Waals surface area (Å²) in [5.74, 6) is -1.12. The number of aromatic carboxylic acids is 1. The Bertz CT molecular complexity index is 896. The predicted molar refractivity (Wildman–Crippen MR) is 99.3 cm³/mol. The van der Waals surface area contributed by atoms with Gasteiger partial charge in [-0.05, 0) is 54.5 Å². The van der Waals surface area contributed by atoms with Crippen LogP contribution in [0.25, 0.3) is 6.08 Å². The van der Waals surface area contributed by atoms with Gasteiger partial charge >= 0.3 is 5.97 Å². The highest BCUT2D eigenvalue weighted by Gasteiger charge is 2.30. The number of benzene rings is 2. The summed E-state index contributed by atoms with van der Waals surface area (Å²) in [4.78, 5) is 23.8. The fourth-order valence-electron chi connectivity index (χ4n) is 2.68. The molecule has 2 N–H and O–H groups in total. The average Bonchev–Trinajstić information content (AvgIpc) is 2.93. The Balaban J connectivity index is 1.95. The van der Waals surface area contributed by atoms with Crippen molar-refractivity contribution in [3.05, 3.63) is 65.2 Å². The number of aromatic hydroxyl groups is 1. The molecule has 0 bridgehead atoms. The standard InChI is InChI=1S/C20H18N2O4/c1-2-3-18-17(12-13-4-10-16(23)11-5-13)19(24)22(21-18)15-8-6-14(7-9-15)20(25)26/h4-12,23H,2-3H2,1H3,(H,25,26)/b17-12+. The minimum atomic E-state index is -1.02. The molecule has 0 aliphatic carbocycles. The maximum atomic E-state index is 12.9. The van der Waals surface area contributed by atoms with Crippen LogP contribution in [0.5, 0.6) is 5.75 Å². The number of hydrogen-bond donors (Lipinski definition) is 2. The van der Waals surface area contributed by atoms with Crippen molar-refractivity contribution < 1.29 is 19.8 Å². The van der Waals surface area contributed by atoms with Crippen LogP contribution in [-0.4, -0.2) is 27.8 Å². The highest BCUT2D eigenvalue weighted by molar-refractivity contribution is 6.32. The van der Waals surface area contributed by atoms with E-state index in [4.69, 9.17) is 5.11 Å². The van der Waals surface area contributed by atoms with Crippen molar-refractivity contribution in [2.75, 3.05) is 5.01 Å². The number of phenolic OH excluding ortho intramolecular Hbond substituents is 1. The highest BCUT2D eigenvalue weighted by atomic mass is 16.4. The first-order valence-electron chi connectivity index (χ1n) is 8.26. The molecule has 0 atom stereocenters. The van der Waals surface area contributed by atoms with Gasteiger partial charge in [0, 0.05) is 0 Å². The Morgan fingerprint density at radius 3 is 2.35 bits per heavy atom. The number of carboxylic acids is 1. The van der Waals surface area contributed by atoms with Gasteiger partial charge in [-0.15, -0.1) is 0 Å². The van der Waals surface area contributed by atoms with Gasteiger partial charge in [0.25, 0.3) is 5.91 Å². The number of carbonyl (C=O) groups is 2. The molecule has 0 saturated carbocycles. The van der Waals surface area contributed by atoms with Crippen molar-refractivity contribution in [3.8, 4) is 5.75 Å². The number of hydrazone groups is 1. The lowest BCUT2D eigenvalue weighted by molar-refractivity contribution is -0.114. The van der Waals surface area contributed by atoms with Gasteiger partial charge in [0.15, 0.2) is 0 Å². The molecule has 1 amide bonds. The molecule has 26 heavy (non-hydrogen) atoms. The molecule has 132 valence electrons. The number of anilines is 1. The molecule has 0 radical (unpaired) electrons. The Morgan fingerprint density at radius 1 is 1.12 bits per heavy atom. The molecular formula is C20H18N2O4. The quantitative estimate of drug-likeness (QED) is 0.805. The lowest BCUT2D eigenvalue weighted by Crippen LogP contribution is -2.21. The maximum absolute atomic E-state index is 12.9. The Kier molecular flexibility index (Phi) is 4.84. The molecule has 0 saturated heterocycles. The summed E-state index contributed by atoms with van der Waals surface area (Å²) in [6.07, 6.45) is 3.24. The molecule has 0 fully saturated rings. The van der Waals surface area contributed by atoms with E-state index in [-0.39, 0.29) is 17.2 Å². The van der Waals surface area contributed by atoms with Crippen LogP contribution in [0.15, 0.2) is 59.2 Å². The molecule has 2 aromatic carbocycles. The van der Waals surface area contributed by atoms with Crippen LogP contribution in [0, 0.1) is 0 Å². The van der Waals surface area contributed by atoms with Gasteiger partial charge in [-0.25, -0.2) is 4.79 Å². The Morgan fingerprint density at radius 2 is 1.77 bits per heavy atom. The molecular weight excluding hydrogens is 332 g/mol. The Labute approximate surface area is 150 Å². The van der Waals surface area contributed by atoms with Crippen molar-refractivity contribution in [1.29, 1.82) is 0 Å². The van der Waals surface area contributed by atoms with Crippen molar-refractivity contribution in [1.82, 2.24) is 0 Å². The third-order valence-electron chi connectivity index (χ3n) is 4.00. The smallest absolute Gasteiger partial charge is 0.335 e. The minimum Gasteiger partial charge on any atom is -0.508 e. The van der Waals surface area contributed by atoms with E-state index in [1.807, 2.05) is 6.92 Å². The SMILES string of the molecule is CCCC1=NN(c2ccc(C(=O)O)cc2)C(=O)/C1=C/c1ccc(O)cc1. The van der Waals surface area contributed by atoms with E-state index >= 15 is 0 Å². The molecule has 1 aliphatic heterocycles. The normalized spacial score (nSPS) is 15.4. The molecule has 6 nitrogen and oxygen atoms in total. The topological polar surface area (TPSA) is 90.2 Å². The third-order valence-corrected chi connectivity index (χ3v) is 4.00. The molecule has 0 unspecified atom stereocenters. The van der Waals surface area contributed by atoms with E-state index in [9.17, 15) is 14.7 Å². The summed E-state index contributed by atoms with van der Waals surface area (Å²) in [6.45, 7) is 2.01. The number of amides is 1. The molecule has 0 aromatic heterocycles. The van der Waals surface area contributed by atoms with Crippen LogP contribution in [0.1, 0.15) is 35.7 Å². The first-order chi connectivity index (χ1) is 12.5. The predicted octanol–water partition coefficient (Wildman–Crippen LogP) is 3.68. The van der Waals surface area contributed by atoms with Crippen molar-refractivity contribution >= 4 is 29.4 Å². The zero-order chi connectivity index (χ0) is 18.7. The van der Waals surface area contributed by atoms with Gasteiger partial charge in [0.2, 0.25) is 0 Å². The first kappa shape index (κ1) is 17.4. The van der Waals surface area contributed by atoms with Gasteiger partial charge in [0.1, 0.15) is 5.75 Å². The van der Waals surface area contributed by atoms with Crippen LogP contribution in [0.4, 0.5) is 5.69 Å². The lowest BCUT2D eigenvalue weighted by Gasteiger charge is -2.11. The van der Waals surface area contributed by atoms with Crippen LogP contribution in [0.2, 0.25) is 0 Å². The summed E-state index contributed by atoms with van der Waals surface area (Å²) in [5.41, 5.74) is 2.64. The molecule has 1 heterocycles. The molecule has 2 aromatic rings. The van der Waals surface area contributed by atoms with Gasteiger partial charge in [-0.1, -0.05) is 25.5 Å².